The van der Waals surface area contributed by atoms with Crippen LogP contribution in [0.15, 0.2) is 71.6 Å². The van der Waals surface area contributed by atoms with Gasteiger partial charge in [0.05, 0.1) is 10.6 Å². The Morgan fingerprint density at radius 2 is 1.53 bits per heavy atom. The fraction of sp³-hybridized carbons (Fsp3) is 0.200. The number of hydrogen-bond donors (Lipinski definition) is 1. The first-order valence-electron chi connectivity index (χ1n) is 10.2. The molecule has 6 nitrogen and oxygen atoms in total. The van der Waals surface area contributed by atoms with Crippen LogP contribution in [-0.4, -0.2) is 26.7 Å². The summed E-state index contributed by atoms with van der Waals surface area (Å²) < 4.78 is 28.1. The molecule has 3 aromatic carbocycles. The van der Waals surface area contributed by atoms with Crippen LogP contribution in [0.5, 0.6) is 0 Å². The zero-order valence-electron chi connectivity index (χ0n) is 18.5. The van der Waals surface area contributed by atoms with Crippen LogP contribution in [0.3, 0.4) is 0 Å². The van der Waals surface area contributed by atoms with Crippen molar-refractivity contribution in [3.8, 4) is 0 Å². The second-order valence-electron chi connectivity index (χ2n) is 7.80. The number of ketones is 1. The van der Waals surface area contributed by atoms with Gasteiger partial charge in [-0.15, -0.1) is 0 Å². The third kappa shape index (κ3) is 5.23. The van der Waals surface area contributed by atoms with Crippen molar-refractivity contribution < 1.29 is 18.0 Å². The number of nitrogens with zero attached hydrogens (tertiary/aromatic N) is 1. The van der Waals surface area contributed by atoms with E-state index in [-0.39, 0.29) is 10.7 Å². The summed E-state index contributed by atoms with van der Waals surface area (Å²) in [7, 11) is -4.00. The van der Waals surface area contributed by atoms with Crippen molar-refractivity contribution in [1.82, 2.24) is 0 Å². The Labute approximate surface area is 188 Å². The highest BCUT2D eigenvalue weighted by Crippen LogP contribution is 2.28. The Kier molecular flexibility index (Phi) is 6.79. The normalized spacial score (nSPS) is 11.1. The molecule has 0 aliphatic heterocycles. The van der Waals surface area contributed by atoms with E-state index in [0.717, 1.165) is 21.0 Å². The van der Waals surface area contributed by atoms with E-state index in [2.05, 4.69) is 5.32 Å². The van der Waals surface area contributed by atoms with Crippen molar-refractivity contribution in [1.29, 1.82) is 0 Å². The Balaban J connectivity index is 1.97. The van der Waals surface area contributed by atoms with E-state index in [1.165, 1.54) is 19.1 Å². The molecule has 0 bridgehead atoms. The van der Waals surface area contributed by atoms with Gasteiger partial charge in [0.1, 0.15) is 6.54 Å². The zero-order valence-corrected chi connectivity index (χ0v) is 19.4. The van der Waals surface area contributed by atoms with E-state index in [4.69, 9.17) is 0 Å². The number of amides is 1. The number of hydrogen-bond acceptors (Lipinski definition) is 4. The minimum absolute atomic E-state index is 0.106. The molecular formula is C25H26N2O4S. The van der Waals surface area contributed by atoms with Gasteiger partial charge in [0.25, 0.3) is 10.0 Å². The fourth-order valence-electron chi connectivity index (χ4n) is 3.37. The number of carbonyl (C=O) groups excluding carboxylic acids is 2. The molecule has 1 amide bonds. The van der Waals surface area contributed by atoms with Gasteiger partial charge in [-0.1, -0.05) is 47.5 Å². The molecule has 7 heteroatoms. The van der Waals surface area contributed by atoms with Gasteiger partial charge in [0, 0.05) is 11.3 Å². The van der Waals surface area contributed by atoms with Crippen LogP contribution in [0.2, 0.25) is 0 Å². The second kappa shape index (κ2) is 9.36. The number of sulfonamides is 1. The van der Waals surface area contributed by atoms with Crippen LogP contribution in [0.1, 0.15) is 34.0 Å². The molecule has 0 aliphatic rings. The highest BCUT2D eigenvalue weighted by Gasteiger charge is 2.28. The van der Waals surface area contributed by atoms with Crippen molar-refractivity contribution in [3.63, 3.8) is 0 Å². The van der Waals surface area contributed by atoms with Gasteiger partial charge in [0.15, 0.2) is 5.78 Å². The quantitative estimate of drug-likeness (QED) is 0.531. The van der Waals surface area contributed by atoms with Crippen LogP contribution in [0, 0.1) is 20.8 Å². The molecule has 0 aliphatic carbocycles. The first kappa shape index (κ1) is 23.2. The molecule has 0 radical (unpaired) electrons. The van der Waals surface area contributed by atoms with Crippen molar-refractivity contribution in [2.45, 2.75) is 32.6 Å². The lowest BCUT2D eigenvalue weighted by Crippen LogP contribution is -2.38. The van der Waals surface area contributed by atoms with E-state index in [0.29, 0.717) is 16.9 Å². The minimum Gasteiger partial charge on any atom is -0.324 e. The lowest BCUT2D eigenvalue weighted by atomic mass is 10.1. The maximum Gasteiger partial charge on any atom is 0.264 e. The number of anilines is 2. The highest BCUT2D eigenvalue weighted by atomic mass is 32.2. The molecule has 3 rings (SSSR count). The minimum atomic E-state index is -4.00. The predicted molar refractivity (Wildman–Crippen MR) is 127 cm³/mol. The average molecular weight is 451 g/mol. The maximum absolute atomic E-state index is 13.5. The van der Waals surface area contributed by atoms with Crippen LogP contribution in [-0.2, 0) is 14.8 Å². The van der Waals surface area contributed by atoms with Crippen LogP contribution in [0.4, 0.5) is 11.4 Å². The molecule has 0 spiro atoms. The van der Waals surface area contributed by atoms with Crippen LogP contribution < -0.4 is 9.62 Å². The number of carbonyl (C=O) groups is 2. The highest BCUT2D eigenvalue weighted by molar-refractivity contribution is 7.92. The Bertz CT molecular complexity index is 1270. The van der Waals surface area contributed by atoms with Gasteiger partial charge < -0.3 is 5.32 Å². The van der Waals surface area contributed by atoms with Crippen LogP contribution in [0.25, 0.3) is 0 Å². The SMILES string of the molecule is CC(=O)c1cccc(NC(=O)CN(c2ccc(C)cc2C)S(=O)(=O)c2ccc(C)cc2)c1. The summed E-state index contributed by atoms with van der Waals surface area (Å²) in [6.07, 6.45) is 0. The number of aryl methyl sites for hydroxylation is 3. The van der Waals surface area contributed by atoms with Crippen molar-refractivity contribution >= 4 is 33.1 Å². The Hall–Kier alpha value is -3.45. The molecule has 32 heavy (non-hydrogen) atoms. The average Bonchev–Trinajstić information content (AvgIpc) is 2.73. The zero-order chi connectivity index (χ0) is 23.5. The second-order valence-corrected chi connectivity index (χ2v) is 9.66. The fourth-order valence-corrected chi connectivity index (χ4v) is 4.85. The molecule has 0 saturated heterocycles. The van der Waals surface area contributed by atoms with Gasteiger partial charge in [-0.2, -0.15) is 0 Å². The van der Waals surface area contributed by atoms with Gasteiger partial charge in [-0.05, 0) is 63.6 Å². The molecule has 0 atom stereocenters. The largest absolute Gasteiger partial charge is 0.324 e. The predicted octanol–water partition coefficient (Wildman–Crippen LogP) is 4.65. The summed E-state index contributed by atoms with van der Waals surface area (Å²) in [6.45, 7) is 6.64. The molecule has 0 saturated carbocycles. The Morgan fingerprint density at radius 3 is 2.16 bits per heavy atom. The summed E-state index contributed by atoms with van der Waals surface area (Å²) in [4.78, 5) is 24.6. The monoisotopic (exact) mass is 450 g/mol. The third-order valence-corrected chi connectivity index (χ3v) is 6.84. The summed E-state index contributed by atoms with van der Waals surface area (Å²) in [6, 6.07) is 18.5. The number of benzene rings is 3. The number of Topliss-reactive ketones (excluding diaryl/α,β-unsaturated/α-hetero) is 1. The van der Waals surface area contributed by atoms with E-state index in [9.17, 15) is 18.0 Å². The van der Waals surface area contributed by atoms with E-state index in [1.54, 1.807) is 42.5 Å². The molecule has 0 aromatic heterocycles. The van der Waals surface area contributed by atoms with Crippen molar-refractivity contribution in [3.05, 3.63) is 89.0 Å². The smallest absolute Gasteiger partial charge is 0.264 e. The van der Waals surface area contributed by atoms with Crippen molar-refractivity contribution in [2.75, 3.05) is 16.2 Å². The first-order chi connectivity index (χ1) is 15.1. The third-order valence-electron chi connectivity index (χ3n) is 5.07. The van der Waals surface area contributed by atoms with Crippen molar-refractivity contribution in [2.24, 2.45) is 0 Å². The van der Waals surface area contributed by atoms with Gasteiger partial charge >= 0.3 is 0 Å². The maximum atomic E-state index is 13.5. The molecule has 3 aromatic rings. The van der Waals surface area contributed by atoms with E-state index >= 15 is 0 Å². The Morgan fingerprint density at radius 1 is 0.875 bits per heavy atom. The molecule has 0 unspecified atom stereocenters. The summed E-state index contributed by atoms with van der Waals surface area (Å²) in [5.41, 5.74) is 3.99. The molecule has 1 N–H and O–H groups in total. The van der Waals surface area contributed by atoms with Gasteiger partial charge in [-0.3, -0.25) is 13.9 Å². The molecule has 0 heterocycles. The molecule has 166 valence electrons. The topological polar surface area (TPSA) is 83.6 Å². The lowest BCUT2D eigenvalue weighted by Gasteiger charge is -2.26. The van der Waals surface area contributed by atoms with Crippen LogP contribution >= 0.6 is 0 Å². The van der Waals surface area contributed by atoms with Gasteiger partial charge in [0.2, 0.25) is 5.91 Å². The lowest BCUT2D eigenvalue weighted by molar-refractivity contribution is -0.114. The molecular weight excluding hydrogens is 424 g/mol. The molecule has 0 fully saturated rings. The first-order valence-corrected chi connectivity index (χ1v) is 11.6. The van der Waals surface area contributed by atoms with E-state index in [1.807, 2.05) is 32.9 Å². The van der Waals surface area contributed by atoms with E-state index < -0.39 is 22.5 Å². The summed E-state index contributed by atoms with van der Waals surface area (Å²) >= 11 is 0. The van der Waals surface area contributed by atoms with Gasteiger partial charge in [-0.25, -0.2) is 8.42 Å². The number of nitrogens with one attached hydrogen (secondary N) is 1. The number of rotatable bonds is 7. The summed E-state index contributed by atoms with van der Waals surface area (Å²) in [5, 5.41) is 2.70. The summed E-state index contributed by atoms with van der Waals surface area (Å²) in [5.74, 6) is -0.638. The standard InChI is InChI=1S/C25H26N2O4S/c1-17-8-11-23(12-9-17)32(30,31)27(24-13-10-18(2)14-19(24)3)16-25(29)26-22-7-5-6-21(15-22)20(4)28/h5-15H,16H2,1-4H3,(H,26,29).